The molecule has 2 atom stereocenters. The van der Waals surface area contributed by atoms with E-state index >= 15 is 0 Å². The van der Waals surface area contributed by atoms with Crippen LogP contribution in [0.4, 0.5) is 0 Å². The molecule has 0 heterocycles. The van der Waals surface area contributed by atoms with Crippen molar-refractivity contribution in [1.29, 1.82) is 0 Å². The number of hydrogen-bond donors (Lipinski definition) is 0. The molecule has 1 heteroatoms. The van der Waals surface area contributed by atoms with Crippen molar-refractivity contribution in [2.45, 2.75) is 12.3 Å². The smallest absolute Gasteiger partial charge is 0.158 e. The van der Waals surface area contributed by atoms with E-state index in [1.54, 1.807) is 0 Å². The number of fused-ring (bicyclic) bond motifs is 1. The van der Waals surface area contributed by atoms with Crippen molar-refractivity contribution in [2.75, 3.05) is 0 Å². The zero-order valence-electron chi connectivity index (χ0n) is 9.60. The molecule has 1 aliphatic carbocycles. The van der Waals surface area contributed by atoms with Crippen molar-refractivity contribution in [3.63, 3.8) is 0 Å². The lowest BCUT2D eigenvalue weighted by Gasteiger charge is -2.05. The molecule has 17 heavy (non-hydrogen) atoms. The molecular weight excluding hydrogens is 208 g/mol. The third-order valence-corrected chi connectivity index (χ3v) is 3.58. The first-order valence-corrected chi connectivity index (χ1v) is 5.95. The van der Waals surface area contributed by atoms with Gasteiger partial charge in [-0.2, -0.15) is 0 Å². The topological polar surface area (TPSA) is 17.1 Å². The maximum absolute atomic E-state index is 11.6. The number of ketones is 1. The van der Waals surface area contributed by atoms with Gasteiger partial charge in [0.25, 0.3) is 0 Å². The number of rotatable bonds is 3. The van der Waals surface area contributed by atoms with E-state index in [0.717, 1.165) is 6.42 Å². The minimum atomic E-state index is 0.165. The van der Waals surface area contributed by atoms with Crippen LogP contribution in [-0.2, 0) is 4.79 Å². The fraction of sp³-hybridized carbons (Fsp3) is 0.188. The molecule has 2 aromatic rings. The molecule has 0 N–H and O–H groups in total. The van der Waals surface area contributed by atoms with E-state index in [1.807, 2.05) is 6.07 Å². The van der Waals surface area contributed by atoms with Gasteiger partial charge in [-0.05, 0) is 34.8 Å². The fourth-order valence-electron chi connectivity index (χ4n) is 2.58. The van der Waals surface area contributed by atoms with Crippen molar-refractivity contribution in [3.05, 3.63) is 60.7 Å². The van der Waals surface area contributed by atoms with Crippen LogP contribution in [0.15, 0.2) is 55.1 Å². The van der Waals surface area contributed by atoms with E-state index in [1.165, 1.54) is 22.4 Å². The van der Waals surface area contributed by atoms with Gasteiger partial charge < -0.3 is 0 Å². The highest BCUT2D eigenvalue weighted by Gasteiger charge is 2.42. The highest BCUT2D eigenvalue weighted by molar-refractivity contribution is 5.95. The van der Waals surface area contributed by atoms with Crippen LogP contribution in [0.25, 0.3) is 10.8 Å². The van der Waals surface area contributed by atoms with Crippen LogP contribution in [0.2, 0.25) is 0 Å². The summed E-state index contributed by atoms with van der Waals surface area (Å²) in [5, 5.41) is 2.53. The van der Waals surface area contributed by atoms with Crippen LogP contribution in [0.3, 0.4) is 0 Å². The Morgan fingerprint density at radius 1 is 1.18 bits per heavy atom. The van der Waals surface area contributed by atoms with Crippen molar-refractivity contribution in [3.8, 4) is 0 Å². The normalized spacial score (nSPS) is 22.4. The Balaban J connectivity index is 2.02. The third-order valence-electron chi connectivity index (χ3n) is 3.58. The quantitative estimate of drug-likeness (QED) is 0.724. The number of benzene rings is 2. The van der Waals surface area contributed by atoms with Gasteiger partial charge >= 0.3 is 0 Å². The van der Waals surface area contributed by atoms with E-state index < -0.39 is 0 Å². The van der Waals surface area contributed by atoms with Gasteiger partial charge in [-0.25, -0.2) is 0 Å². The molecule has 0 saturated heterocycles. The second kappa shape index (κ2) is 3.85. The van der Waals surface area contributed by atoms with Crippen LogP contribution in [0, 0.1) is 5.92 Å². The van der Waals surface area contributed by atoms with Crippen LogP contribution in [-0.4, -0.2) is 5.78 Å². The maximum atomic E-state index is 11.6. The first-order chi connectivity index (χ1) is 8.31. The Kier molecular flexibility index (Phi) is 2.32. The summed E-state index contributed by atoms with van der Waals surface area (Å²) in [4.78, 5) is 11.6. The Morgan fingerprint density at radius 3 is 2.76 bits per heavy atom. The summed E-state index contributed by atoms with van der Waals surface area (Å²) in [6.45, 7) is 3.56. The molecule has 0 unspecified atom stereocenters. The lowest BCUT2D eigenvalue weighted by atomic mass is 9.99. The van der Waals surface area contributed by atoms with E-state index in [2.05, 4.69) is 43.0 Å². The summed E-state index contributed by atoms with van der Waals surface area (Å²) in [6, 6.07) is 14.7. The van der Waals surface area contributed by atoms with Gasteiger partial charge in [0, 0.05) is 5.92 Å². The van der Waals surface area contributed by atoms with Gasteiger partial charge in [-0.15, -0.1) is 0 Å². The standard InChI is InChI=1S/C16H14O/c1-2-16(17)15-10-14(15)13-9-5-7-11-6-3-4-8-12(11)13/h2-9,14-15H,1,10H2/t14-,15+/m1/s1. The van der Waals surface area contributed by atoms with Gasteiger partial charge in [0.05, 0.1) is 0 Å². The van der Waals surface area contributed by atoms with E-state index in [9.17, 15) is 4.79 Å². The molecule has 1 aliphatic rings. The number of hydrogen-bond acceptors (Lipinski definition) is 1. The summed E-state index contributed by atoms with van der Waals surface area (Å²) in [5.74, 6) is 0.743. The van der Waals surface area contributed by atoms with E-state index in [0.29, 0.717) is 5.92 Å². The van der Waals surface area contributed by atoms with Crippen LogP contribution in [0.1, 0.15) is 17.9 Å². The molecule has 3 rings (SSSR count). The molecule has 0 spiro atoms. The molecule has 84 valence electrons. The average Bonchev–Trinajstić information content (AvgIpc) is 3.17. The monoisotopic (exact) mass is 222 g/mol. The molecule has 0 radical (unpaired) electrons. The first kappa shape index (κ1) is 10.3. The predicted octanol–water partition coefficient (Wildman–Crippen LogP) is 3.70. The van der Waals surface area contributed by atoms with Crippen molar-refractivity contribution >= 4 is 16.6 Å². The Labute approximate surface area is 101 Å². The van der Waals surface area contributed by atoms with Crippen LogP contribution < -0.4 is 0 Å². The van der Waals surface area contributed by atoms with Crippen LogP contribution in [0.5, 0.6) is 0 Å². The molecule has 0 amide bonds. The molecule has 1 saturated carbocycles. The highest BCUT2D eigenvalue weighted by Crippen LogP contribution is 2.49. The van der Waals surface area contributed by atoms with Gasteiger partial charge in [-0.3, -0.25) is 4.79 Å². The maximum Gasteiger partial charge on any atom is 0.158 e. The second-order valence-corrected chi connectivity index (χ2v) is 4.62. The van der Waals surface area contributed by atoms with Gasteiger partial charge in [-0.1, -0.05) is 49.0 Å². The number of carbonyl (C=O) groups is 1. The molecule has 0 aromatic heterocycles. The van der Waals surface area contributed by atoms with Gasteiger partial charge in [0.15, 0.2) is 5.78 Å². The summed E-state index contributed by atoms with van der Waals surface area (Å²) < 4.78 is 0. The number of allylic oxidation sites excluding steroid dienone is 1. The summed E-state index contributed by atoms with van der Waals surface area (Å²) in [7, 11) is 0. The molecule has 1 nitrogen and oxygen atoms in total. The first-order valence-electron chi connectivity index (χ1n) is 5.95. The Morgan fingerprint density at radius 2 is 1.94 bits per heavy atom. The Hall–Kier alpha value is -1.89. The lowest BCUT2D eigenvalue weighted by Crippen LogP contribution is -1.96. The van der Waals surface area contributed by atoms with Gasteiger partial charge in [0.2, 0.25) is 0 Å². The van der Waals surface area contributed by atoms with Crippen molar-refractivity contribution in [1.82, 2.24) is 0 Å². The zero-order valence-corrected chi connectivity index (χ0v) is 9.60. The van der Waals surface area contributed by atoms with Crippen molar-refractivity contribution in [2.24, 2.45) is 5.92 Å². The summed E-state index contributed by atoms with van der Waals surface area (Å²) in [6.07, 6.45) is 2.43. The summed E-state index contributed by atoms with van der Waals surface area (Å²) in [5.41, 5.74) is 1.31. The molecule has 2 aromatic carbocycles. The van der Waals surface area contributed by atoms with E-state index in [-0.39, 0.29) is 11.7 Å². The average molecular weight is 222 g/mol. The summed E-state index contributed by atoms with van der Waals surface area (Å²) >= 11 is 0. The minimum absolute atomic E-state index is 0.165. The predicted molar refractivity (Wildman–Crippen MR) is 70.0 cm³/mol. The van der Waals surface area contributed by atoms with Crippen molar-refractivity contribution < 1.29 is 4.79 Å². The second-order valence-electron chi connectivity index (χ2n) is 4.62. The van der Waals surface area contributed by atoms with E-state index in [4.69, 9.17) is 0 Å². The molecule has 0 aliphatic heterocycles. The third kappa shape index (κ3) is 1.68. The zero-order chi connectivity index (χ0) is 11.8. The largest absolute Gasteiger partial charge is 0.295 e. The molecule has 1 fully saturated rings. The minimum Gasteiger partial charge on any atom is -0.295 e. The Bertz CT molecular complexity index is 592. The number of carbonyl (C=O) groups excluding carboxylic acids is 1. The lowest BCUT2D eigenvalue weighted by molar-refractivity contribution is -0.115. The fourth-order valence-corrected chi connectivity index (χ4v) is 2.58. The molecule has 0 bridgehead atoms. The molecular formula is C16H14O. The van der Waals surface area contributed by atoms with Crippen LogP contribution >= 0.6 is 0 Å². The van der Waals surface area contributed by atoms with Gasteiger partial charge in [0.1, 0.15) is 0 Å². The SMILES string of the molecule is C=CC(=O)[C@H]1C[C@@H]1c1cccc2ccccc12. The highest BCUT2D eigenvalue weighted by atomic mass is 16.1.